The molecule has 0 aliphatic rings. The Morgan fingerprint density at radius 1 is 1.00 bits per heavy atom. The van der Waals surface area contributed by atoms with Gasteiger partial charge in [0.2, 0.25) is 0 Å². The fourth-order valence-electron chi connectivity index (χ4n) is 1.54. The number of benzene rings is 2. The minimum absolute atomic E-state index is 0.238. The lowest BCUT2D eigenvalue weighted by molar-refractivity contribution is 0.0967. The average Bonchev–Trinajstić information content (AvgIpc) is 2.41. The van der Waals surface area contributed by atoms with Gasteiger partial charge < -0.3 is 11.1 Å². The maximum atomic E-state index is 11.8. The number of hydrogen-bond acceptors (Lipinski definition) is 3. The van der Waals surface area contributed by atoms with E-state index in [9.17, 15) is 9.59 Å². The molecule has 0 saturated heterocycles. The zero-order chi connectivity index (χ0) is 14.5. The molecule has 3 amide bonds. The highest BCUT2D eigenvalue weighted by Gasteiger charge is 2.12. The third-order valence-corrected chi connectivity index (χ3v) is 2.84. The Morgan fingerprint density at radius 3 is 2.30 bits per heavy atom. The van der Waals surface area contributed by atoms with Crippen LogP contribution < -0.4 is 16.4 Å². The van der Waals surface area contributed by atoms with E-state index in [1.54, 1.807) is 42.5 Å². The Hall–Kier alpha value is -2.53. The van der Waals surface area contributed by atoms with Gasteiger partial charge in [-0.1, -0.05) is 23.7 Å². The fourth-order valence-corrected chi connectivity index (χ4v) is 1.77. The molecule has 0 aliphatic heterocycles. The minimum atomic E-state index is -0.639. The highest BCUT2D eigenvalue weighted by Crippen LogP contribution is 2.15. The van der Waals surface area contributed by atoms with Crippen LogP contribution in [0.2, 0.25) is 5.02 Å². The summed E-state index contributed by atoms with van der Waals surface area (Å²) in [5, 5.41) is 5.00. The molecular formula is C14H12ClN3O2. The van der Waals surface area contributed by atoms with Crippen LogP contribution in [0.1, 0.15) is 10.4 Å². The second-order valence-electron chi connectivity index (χ2n) is 4.01. The summed E-state index contributed by atoms with van der Waals surface area (Å²) < 4.78 is 0. The number of anilines is 2. The van der Waals surface area contributed by atoms with Gasteiger partial charge in [-0.2, -0.15) is 0 Å². The molecule has 0 aliphatic carbocycles. The SMILES string of the molecule is Nc1ccc(NC(=O)NC(=O)c2ccccc2Cl)cc1. The minimum Gasteiger partial charge on any atom is -0.399 e. The van der Waals surface area contributed by atoms with Crippen LogP contribution in [-0.4, -0.2) is 11.9 Å². The topological polar surface area (TPSA) is 84.2 Å². The summed E-state index contributed by atoms with van der Waals surface area (Å²) in [5.41, 5.74) is 6.89. The van der Waals surface area contributed by atoms with Gasteiger partial charge >= 0.3 is 6.03 Å². The van der Waals surface area contributed by atoms with Crippen LogP contribution in [0, 0.1) is 0 Å². The number of nitrogens with two attached hydrogens (primary N) is 1. The lowest BCUT2D eigenvalue weighted by Gasteiger charge is -2.07. The molecule has 0 bridgehead atoms. The molecule has 5 nitrogen and oxygen atoms in total. The van der Waals surface area contributed by atoms with Crippen molar-refractivity contribution >= 4 is 34.9 Å². The van der Waals surface area contributed by atoms with Gasteiger partial charge in [-0.15, -0.1) is 0 Å². The van der Waals surface area contributed by atoms with Crippen molar-refractivity contribution in [3.05, 3.63) is 59.1 Å². The molecule has 20 heavy (non-hydrogen) atoms. The first kappa shape index (κ1) is 13.9. The molecular weight excluding hydrogens is 278 g/mol. The van der Waals surface area contributed by atoms with Gasteiger partial charge in [0.15, 0.2) is 0 Å². The van der Waals surface area contributed by atoms with Crippen LogP contribution >= 0.6 is 11.6 Å². The third-order valence-electron chi connectivity index (χ3n) is 2.51. The maximum absolute atomic E-state index is 11.8. The van der Waals surface area contributed by atoms with Crippen molar-refractivity contribution in [2.24, 2.45) is 0 Å². The highest BCUT2D eigenvalue weighted by molar-refractivity contribution is 6.34. The van der Waals surface area contributed by atoms with Gasteiger partial charge in [-0.3, -0.25) is 10.1 Å². The zero-order valence-electron chi connectivity index (χ0n) is 10.4. The molecule has 102 valence electrons. The van der Waals surface area contributed by atoms with Gasteiger partial charge in [0, 0.05) is 11.4 Å². The number of nitrogen functional groups attached to an aromatic ring is 1. The summed E-state index contributed by atoms with van der Waals surface area (Å²) >= 11 is 5.87. The molecule has 2 aromatic carbocycles. The number of carbonyl (C=O) groups is 2. The first-order valence-corrected chi connectivity index (χ1v) is 6.16. The van der Waals surface area contributed by atoms with Crippen LogP contribution in [0.4, 0.5) is 16.2 Å². The van der Waals surface area contributed by atoms with Crippen molar-refractivity contribution in [3.63, 3.8) is 0 Å². The quantitative estimate of drug-likeness (QED) is 0.743. The highest BCUT2D eigenvalue weighted by atomic mass is 35.5. The molecule has 4 N–H and O–H groups in total. The number of hydrogen-bond donors (Lipinski definition) is 3. The standard InChI is InChI=1S/C14H12ClN3O2/c15-12-4-2-1-3-11(12)13(19)18-14(20)17-10-7-5-9(16)6-8-10/h1-8H,16H2,(H2,17,18,19,20). The molecule has 0 aromatic heterocycles. The van der Waals surface area contributed by atoms with E-state index in [1.807, 2.05) is 0 Å². The first-order chi connectivity index (χ1) is 9.56. The summed E-state index contributed by atoms with van der Waals surface area (Å²) in [7, 11) is 0. The van der Waals surface area contributed by atoms with E-state index in [4.69, 9.17) is 17.3 Å². The molecule has 6 heteroatoms. The van der Waals surface area contributed by atoms with Crippen molar-refractivity contribution in [2.45, 2.75) is 0 Å². The van der Waals surface area contributed by atoms with E-state index in [0.717, 1.165) is 0 Å². The number of amides is 3. The Bertz CT molecular complexity index is 641. The van der Waals surface area contributed by atoms with Crippen LogP contribution in [0.25, 0.3) is 0 Å². The summed E-state index contributed by atoms with van der Waals surface area (Å²) in [5.74, 6) is -0.566. The third kappa shape index (κ3) is 3.49. The Morgan fingerprint density at radius 2 is 1.65 bits per heavy atom. The number of nitrogens with one attached hydrogen (secondary N) is 2. The van der Waals surface area contributed by atoms with Gasteiger partial charge in [-0.05, 0) is 36.4 Å². The van der Waals surface area contributed by atoms with Gasteiger partial charge in [0.05, 0.1) is 10.6 Å². The number of carbonyl (C=O) groups excluding carboxylic acids is 2. The lowest BCUT2D eigenvalue weighted by Crippen LogP contribution is -2.34. The van der Waals surface area contributed by atoms with E-state index in [2.05, 4.69) is 10.6 Å². The summed E-state index contributed by atoms with van der Waals surface area (Å²) in [6.45, 7) is 0. The smallest absolute Gasteiger partial charge is 0.326 e. The van der Waals surface area contributed by atoms with Crippen LogP contribution in [-0.2, 0) is 0 Å². The molecule has 0 unspecified atom stereocenters. The molecule has 0 fully saturated rings. The van der Waals surface area contributed by atoms with E-state index >= 15 is 0 Å². The zero-order valence-corrected chi connectivity index (χ0v) is 11.1. The molecule has 0 radical (unpaired) electrons. The molecule has 2 aromatic rings. The molecule has 0 saturated carbocycles. The van der Waals surface area contributed by atoms with E-state index in [-0.39, 0.29) is 10.6 Å². The Kier molecular flexibility index (Phi) is 4.22. The van der Waals surface area contributed by atoms with Crippen molar-refractivity contribution in [3.8, 4) is 0 Å². The molecule has 0 heterocycles. The average molecular weight is 290 g/mol. The lowest BCUT2D eigenvalue weighted by atomic mass is 10.2. The monoisotopic (exact) mass is 289 g/mol. The summed E-state index contributed by atoms with van der Waals surface area (Å²) in [6.07, 6.45) is 0. The molecule has 0 atom stereocenters. The van der Waals surface area contributed by atoms with Crippen LogP contribution in [0.3, 0.4) is 0 Å². The number of urea groups is 1. The van der Waals surface area contributed by atoms with E-state index < -0.39 is 11.9 Å². The molecule has 2 rings (SSSR count). The molecule has 0 spiro atoms. The Balaban J connectivity index is 2.00. The number of rotatable bonds is 2. The summed E-state index contributed by atoms with van der Waals surface area (Å²) in [6, 6.07) is 12.4. The van der Waals surface area contributed by atoms with Crippen molar-refractivity contribution in [1.29, 1.82) is 0 Å². The van der Waals surface area contributed by atoms with Gasteiger partial charge in [-0.25, -0.2) is 4.79 Å². The number of imide groups is 1. The second kappa shape index (κ2) is 6.08. The number of halogens is 1. The van der Waals surface area contributed by atoms with Crippen LogP contribution in [0.15, 0.2) is 48.5 Å². The predicted octanol–water partition coefficient (Wildman–Crippen LogP) is 2.88. The van der Waals surface area contributed by atoms with Gasteiger partial charge in [0.1, 0.15) is 0 Å². The normalized spacial score (nSPS) is 9.85. The second-order valence-corrected chi connectivity index (χ2v) is 4.42. The van der Waals surface area contributed by atoms with Gasteiger partial charge in [0.25, 0.3) is 5.91 Å². The maximum Gasteiger partial charge on any atom is 0.326 e. The van der Waals surface area contributed by atoms with Crippen molar-refractivity contribution in [1.82, 2.24) is 5.32 Å². The van der Waals surface area contributed by atoms with E-state index in [1.165, 1.54) is 6.07 Å². The Labute approximate surface area is 120 Å². The van der Waals surface area contributed by atoms with Crippen molar-refractivity contribution < 1.29 is 9.59 Å². The fraction of sp³-hybridized carbons (Fsp3) is 0. The van der Waals surface area contributed by atoms with E-state index in [0.29, 0.717) is 11.4 Å². The predicted molar refractivity (Wildman–Crippen MR) is 78.8 cm³/mol. The largest absolute Gasteiger partial charge is 0.399 e. The first-order valence-electron chi connectivity index (χ1n) is 5.78. The van der Waals surface area contributed by atoms with Crippen molar-refractivity contribution in [2.75, 3.05) is 11.1 Å². The van der Waals surface area contributed by atoms with Crippen LogP contribution in [0.5, 0.6) is 0 Å². The summed E-state index contributed by atoms with van der Waals surface area (Å²) in [4.78, 5) is 23.5.